The van der Waals surface area contributed by atoms with Crippen molar-refractivity contribution in [2.45, 2.75) is 322 Å². The minimum atomic E-state index is -0.790. The lowest BCUT2D eigenvalue weighted by atomic mass is 10.0. The Balaban J connectivity index is 4.29. The molecule has 81 heavy (non-hydrogen) atoms. The summed E-state index contributed by atoms with van der Waals surface area (Å²) >= 11 is 0. The van der Waals surface area contributed by atoms with Crippen molar-refractivity contribution in [2.24, 2.45) is 0 Å². The second kappa shape index (κ2) is 68.3. The molecule has 0 heterocycles. The van der Waals surface area contributed by atoms with Crippen molar-refractivity contribution in [3.63, 3.8) is 0 Å². The van der Waals surface area contributed by atoms with Crippen molar-refractivity contribution in [1.82, 2.24) is 0 Å². The fraction of sp³-hybridized carbons (Fsp3) is 0.693. The predicted molar refractivity (Wildman–Crippen MR) is 353 cm³/mol. The fourth-order valence-electron chi connectivity index (χ4n) is 9.37. The Bertz CT molecular complexity index is 1670. The highest BCUT2D eigenvalue weighted by Gasteiger charge is 2.19. The van der Waals surface area contributed by atoms with Crippen molar-refractivity contribution in [3.8, 4) is 0 Å². The van der Waals surface area contributed by atoms with Crippen molar-refractivity contribution in [1.29, 1.82) is 0 Å². The van der Waals surface area contributed by atoms with E-state index in [1.54, 1.807) is 0 Å². The number of esters is 3. The first-order valence-electron chi connectivity index (χ1n) is 34.0. The number of carbonyl (C=O) groups is 3. The van der Waals surface area contributed by atoms with E-state index in [0.29, 0.717) is 19.3 Å². The quantitative estimate of drug-likeness (QED) is 0.0261. The van der Waals surface area contributed by atoms with Crippen LogP contribution in [0.1, 0.15) is 316 Å². The molecule has 0 saturated heterocycles. The zero-order valence-corrected chi connectivity index (χ0v) is 53.0. The predicted octanol–water partition coefficient (Wildman–Crippen LogP) is 23.6. The minimum Gasteiger partial charge on any atom is -0.462 e. The van der Waals surface area contributed by atoms with Crippen LogP contribution in [0.15, 0.2) is 122 Å². The first kappa shape index (κ1) is 76.8. The summed E-state index contributed by atoms with van der Waals surface area (Å²) in [7, 11) is 0. The van der Waals surface area contributed by atoms with Crippen LogP contribution >= 0.6 is 0 Å². The van der Waals surface area contributed by atoms with Crippen molar-refractivity contribution >= 4 is 17.9 Å². The first-order valence-corrected chi connectivity index (χ1v) is 34.0. The molecule has 6 nitrogen and oxygen atoms in total. The van der Waals surface area contributed by atoms with Gasteiger partial charge in [-0.05, 0) is 116 Å². The van der Waals surface area contributed by atoms with Crippen LogP contribution < -0.4 is 0 Å². The summed E-state index contributed by atoms with van der Waals surface area (Å²) in [5.74, 6) is -0.898. The van der Waals surface area contributed by atoms with E-state index in [2.05, 4.69) is 142 Å². The third-order valence-electron chi connectivity index (χ3n) is 14.5. The Morgan fingerprint density at radius 1 is 0.259 bits per heavy atom. The van der Waals surface area contributed by atoms with Gasteiger partial charge in [0.25, 0.3) is 0 Å². The highest BCUT2D eigenvalue weighted by Crippen LogP contribution is 2.16. The van der Waals surface area contributed by atoms with Gasteiger partial charge in [-0.2, -0.15) is 0 Å². The van der Waals surface area contributed by atoms with E-state index in [0.717, 1.165) is 141 Å². The van der Waals surface area contributed by atoms with Gasteiger partial charge in [-0.15, -0.1) is 0 Å². The average molecular weight is 1120 g/mol. The molecule has 0 aromatic rings. The van der Waals surface area contributed by atoms with Crippen LogP contribution in [0.25, 0.3) is 0 Å². The Labute approximate surface area is 501 Å². The molecule has 0 rings (SSSR count). The molecule has 6 heteroatoms. The van der Waals surface area contributed by atoms with Crippen molar-refractivity contribution in [3.05, 3.63) is 122 Å². The minimum absolute atomic E-state index is 0.0846. The maximum Gasteiger partial charge on any atom is 0.306 e. The van der Waals surface area contributed by atoms with E-state index in [4.69, 9.17) is 14.2 Å². The van der Waals surface area contributed by atoms with Crippen LogP contribution in [-0.2, 0) is 28.6 Å². The summed E-state index contributed by atoms with van der Waals surface area (Å²) in [5, 5.41) is 0. The van der Waals surface area contributed by atoms with Gasteiger partial charge in [-0.3, -0.25) is 14.4 Å². The van der Waals surface area contributed by atoms with Crippen LogP contribution in [0.3, 0.4) is 0 Å². The zero-order valence-electron chi connectivity index (χ0n) is 53.0. The Kier molecular flexibility index (Phi) is 64.8. The van der Waals surface area contributed by atoms with Gasteiger partial charge in [0, 0.05) is 19.3 Å². The van der Waals surface area contributed by atoms with E-state index in [-0.39, 0.29) is 31.1 Å². The molecule has 1 unspecified atom stereocenters. The van der Waals surface area contributed by atoms with Crippen molar-refractivity contribution < 1.29 is 28.6 Å². The molecule has 0 aliphatic rings. The highest BCUT2D eigenvalue weighted by atomic mass is 16.6. The normalized spacial score (nSPS) is 12.9. The SMILES string of the molecule is CC/C=C\C/C=C\C/C=C\C/C=C\C/C=C\C/C=C\C/C=C\C/C=C\CCCCCCCCCCC(=O)OCC(COC(=O)CCCCCCCCCCCCCCCCC)OC(=O)CCCCCCC/C=C\C/C=C\CCCCC. The van der Waals surface area contributed by atoms with E-state index < -0.39 is 6.10 Å². The Morgan fingerprint density at radius 3 is 0.778 bits per heavy atom. The van der Waals surface area contributed by atoms with Gasteiger partial charge in [0.05, 0.1) is 0 Å². The molecule has 0 saturated carbocycles. The summed E-state index contributed by atoms with van der Waals surface area (Å²) in [6.45, 7) is 6.51. The topological polar surface area (TPSA) is 78.9 Å². The third kappa shape index (κ3) is 66.5. The van der Waals surface area contributed by atoms with E-state index >= 15 is 0 Å². The van der Waals surface area contributed by atoms with Crippen LogP contribution in [0.2, 0.25) is 0 Å². The van der Waals surface area contributed by atoms with Crippen molar-refractivity contribution in [2.75, 3.05) is 13.2 Å². The van der Waals surface area contributed by atoms with Gasteiger partial charge >= 0.3 is 17.9 Å². The number of carbonyl (C=O) groups excluding carboxylic acids is 3. The first-order chi connectivity index (χ1) is 40.0. The monoisotopic (exact) mass is 1120 g/mol. The van der Waals surface area contributed by atoms with Crippen LogP contribution in [0.4, 0.5) is 0 Å². The number of rotatable bonds is 61. The molecule has 1 atom stereocenters. The number of hydrogen-bond donors (Lipinski definition) is 0. The summed E-state index contributed by atoms with van der Waals surface area (Å²) in [5.41, 5.74) is 0. The number of hydrogen-bond acceptors (Lipinski definition) is 6. The average Bonchev–Trinajstić information content (AvgIpc) is 3.47. The maximum absolute atomic E-state index is 12.9. The van der Waals surface area contributed by atoms with E-state index in [1.807, 2.05) is 0 Å². The summed E-state index contributed by atoms with van der Waals surface area (Å²) in [6.07, 6.45) is 94.9. The van der Waals surface area contributed by atoms with Gasteiger partial charge in [0.2, 0.25) is 0 Å². The smallest absolute Gasteiger partial charge is 0.306 e. The fourth-order valence-corrected chi connectivity index (χ4v) is 9.37. The largest absolute Gasteiger partial charge is 0.462 e. The highest BCUT2D eigenvalue weighted by molar-refractivity contribution is 5.71. The molecule has 0 aromatic carbocycles. The molecule has 0 amide bonds. The molecule has 0 aromatic heterocycles. The second-order valence-electron chi connectivity index (χ2n) is 22.4. The van der Waals surface area contributed by atoms with Gasteiger partial charge < -0.3 is 14.2 Å². The van der Waals surface area contributed by atoms with E-state index in [1.165, 1.54) is 135 Å². The number of allylic oxidation sites excluding steroid dienone is 20. The molecular weight excluding hydrogens is 997 g/mol. The molecule has 0 fully saturated rings. The molecule has 0 radical (unpaired) electrons. The summed E-state index contributed by atoms with van der Waals surface area (Å²) in [4.78, 5) is 38.3. The number of unbranched alkanes of at least 4 members (excludes halogenated alkanes) is 30. The lowest BCUT2D eigenvalue weighted by molar-refractivity contribution is -0.167. The molecular formula is C75H126O6. The molecule has 0 N–H and O–H groups in total. The van der Waals surface area contributed by atoms with Crippen LogP contribution in [-0.4, -0.2) is 37.2 Å². The Morgan fingerprint density at radius 2 is 0.481 bits per heavy atom. The van der Waals surface area contributed by atoms with Gasteiger partial charge in [0.15, 0.2) is 6.10 Å². The Hall–Kier alpha value is -4.19. The lowest BCUT2D eigenvalue weighted by Gasteiger charge is -2.18. The molecule has 0 bridgehead atoms. The third-order valence-corrected chi connectivity index (χ3v) is 14.5. The van der Waals surface area contributed by atoms with Gasteiger partial charge in [-0.1, -0.05) is 303 Å². The summed E-state index contributed by atoms with van der Waals surface area (Å²) < 4.78 is 16.9. The van der Waals surface area contributed by atoms with Crippen LogP contribution in [0.5, 0.6) is 0 Å². The maximum atomic E-state index is 12.9. The lowest BCUT2D eigenvalue weighted by Crippen LogP contribution is -2.30. The second-order valence-corrected chi connectivity index (χ2v) is 22.4. The molecule has 0 aliphatic heterocycles. The van der Waals surface area contributed by atoms with Crippen LogP contribution in [0, 0.1) is 0 Å². The van der Waals surface area contributed by atoms with Gasteiger partial charge in [0.1, 0.15) is 13.2 Å². The molecule has 0 aliphatic carbocycles. The van der Waals surface area contributed by atoms with E-state index in [9.17, 15) is 14.4 Å². The molecule has 462 valence electrons. The molecule has 0 spiro atoms. The number of ether oxygens (including phenoxy) is 3. The summed E-state index contributed by atoms with van der Waals surface area (Å²) in [6, 6.07) is 0. The standard InChI is InChI=1S/C75H126O6/c1-4-7-10-13-16-19-22-25-28-29-30-31-32-33-34-35-36-37-38-39-40-41-42-43-44-45-48-50-53-56-59-62-65-68-74(77)80-71-72(81-75(78)69-66-63-60-57-54-51-47-27-24-21-18-15-12-9-6-3)70-79-73(76)67-64-61-58-55-52-49-46-26-23-20-17-14-11-8-5-2/h7,10,16,18-19,21,25,27-28,30-31,33-34,36-37,39-40,42-43,47,72H,4-6,8-9,11-15,17,20,22-24,26,29,32,35,38,41,44-46,48-71H2,1-3H3/b10-7-,19-16-,21-18-,28-25-,31-30-,34-33-,37-36-,40-39-,43-42-,47-27-. The van der Waals surface area contributed by atoms with Gasteiger partial charge in [-0.25, -0.2) is 0 Å². The zero-order chi connectivity index (χ0) is 58.5.